The fourth-order valence-corrected chi connectivity index (χ4v) is 3.63. The SMILES string of the molecule is Cc1cccc2c1NC(=O)C21Cc2ccc(N)cc2C1. The number of nitrogens with two attached hydrogens (primary N) is 1. The summed E-state index contributed by atoms with van der Waals surface area (Å²) in [6.07, 6.45) is 1.51. The molecule has 20 heavy (non-hydrogen) atoms. The highest BCUT2D eigenvalue weighted by Crippen LogP contribution is 2.48. The Morgan fingerprint density at radius 2 is 1.95 bits per heavy atom. The number of hydrogen-bond donors (Lipinski definition) is 2. The van der Waals surface area contributed by atoms with Gasteiger partial charge in [0.05, 0.1) is 5.41 Å². The van der Waals surface area contributed by atoms with Crippen molar-refractivity contribution in [2.75, 3.05) is 11.1 Å². The first-order valence-electron chi connectivity index (χ1n) is 6.89. The van der Waals surface area contributed by atoms with E-state index in [-0.39, 0.29) is 5.91 Å². The van der Waals surface area contributed by atoms with Crippen LogP contribution in [-0.4, -0.2) is 5.91 Å². The van der Waals surface area contributed by atoms with E-state index in [9.17, 15) is 4.79 Å². The molecule has 2 aliphatic rings. The van der Waals surface area contributed by atoms with E-state index in [2.05, 4.69) is 17.4 Å². The number of anilines is 2. The topological polar surface area (TPSA) is 55.1 Å². The van der Waals surface area contributed by atoms with Gasteiger partial charge in [-0.1, -0.05) is 24.3 Å². The fourth-order valence-electron chi connectivity index (χ4n) is 3.63. The zero-order valence-electron chi connectivity index (χ0n) is 11.4. The minimum absolute atomic E-state index is 0.122. The van der Waals surface area contributed by atoms with Crippen molar-refractivity contribution < 1.29 is 4.79 Å². The summed E-state index contributed by atoms with van der Waals surface area (Å²) in [6.45, 7) is 2.04. The molecule has 1 aliphatic heterocycles. The van der Waals surface area contributed by atoms with E-state index in [4.69, 9.17) is 5.73 Å². The molecule has 0 radical (unpaired) electrons. The molecular formula is C17H16N2O. The number of fused-ring (bicyclic) bond motifs is 3. The van der Waals surface area contributed by atoms with E-state index in [1.807, 2.05) is 31.2 Å². The van der Waals surface area contributed by atoms with Crippen molar-refractivity contribution in [1.82, 2.24) is 0 Å². The summed E-state index contributed by atoms with van der Waals surface area (Å²) >= 11 is 0. The van der Waals surface area contributed by atoms with E-state index in [0.717, 1.165) is 35.3 Å². The summed E-state index contributed by atoms with van der Waals surface area (Å²) in [5.74, 6) is 0.122. The molecule has 0 saturated carbocycles. The number of hydrogen-bond acceptors (Lipinski definition) is 2. The lowest BCUT2D eigenvalue weighted by atomic mass is 9.78. The number of para-hydroxylation sites is 1. The second kappa shape index (κ2) is 3.63. The van der Waals surface area contributed by atoms with Crippen molar-refractivity contribution in [2.45, 2.75) is 25.2 Å². The summed E-state index contributed by atoms with van der Waals surface area (Å²) in [6, 6.07) is 12.1. The van der Waals surface area contributed by atoms with Gasteiger partial charge in [0.15, 0.2) is 0 Å². The Morgan fingerprint density at radius 3 is 2.80 bits per heavy atom. The summed E-state index contributed by atoms with van der Waals surface area (Å²) in [5, 5.41) is 3.08. The number of nitrogen functional groups attached to an aromatic ring is 1. The molecule has 0 saturated heterocycles. The van der Waals surface area contributed by atoms with E-state index in [1.54, 1.807) is 0 Å². The van der Waals surface area contributed by atoms with Gasteiger partial charge < -0.3 is 11.1 Å². The van der Waals surface area contributed by atoms with Crippen LogP contribution in [0.4, 0.5) is 11.4 Å². The molecule has 0 bridgehead atoms. The number of aryl methyl sites for hydroxylation is 1. The standard InChI is InChI=1S/C17H16N2O/c1-10-3-2-4-14-15(10)19-16(20)17(14)8-11-5-6-13(18)7-12(11)9-17/h2-7H,8-9,18H2,1H3,(H,19,20). The lowest BCUT2D eigenvalue weighted by Crippen LogP contribution is -2.35. The zero-order chi connectivity index (χ0) is 13.9. The first kappa shape index (κ1) is 11.5. The predicted octanol–water partition coefficient (Wildman–Crippen LogP) is 2.57. The molecule has 1 heterocycles. The van der Waals surface area contributed by atoms with Crippen LogP contribution in [0.15, 0.2) is 36.4 Å². The Balaban J connectivity index is 1.89. The number of carbonyl (C=O) groups excluding carboxylic acids is 1. The Labute approximate surface area is 117 Å². The van der Waals surface area contributed by atoms with Crippen LogP contribution in [-0.2, 0) is 23.1 Å². The molecule has 1 spiro atoms. The first-order chi connectivity index (χ1) is 9.60. The van der Waals surface area contributed by atoms with Gasteiger partial charge in [0.25, 0.3) is 0 Å². The number of amides is 1. The maximum Gasteiger partial charge on any atom is 0.235 e. The first-order valence-corrected chi connectivity index (χ1v) is 6.89. The van der Waals surface area contributed by atoms with Crippen LogP contribution in [0.2, 0.25) is 0 Å². The quantitative estimate of drug-likeness (QED) is 0.718. The highest BCUT2D eigenvalue weighted by molar-refractivity contribution is 6.08. The Morgan fingerprint density at radius 1 is 1.15 bits per heavy atom. The highest BCUT2D eigenvalue weighted by atomic mass is 16.2. The average molecular weight is 264 g/mol. The third-order valence-corrected chi connectivity index (χ3v) is 4.68. The maximum atomic E-state index is 12.6. The second-order valence-electron chi connectivity index (χ2n) is 5.92. The molecule has 100 valence electrons. The smallest absolute Gasteiger partial charge is 0.235 e. The van der Waals surface area contributed by atoms with Gasteiger partial charge >= 0.3 is 0 Å². The van der Waals surface area contributed by atoms with Gasteiger partial charge in [-0.3, -0.25) is 4.79 Å². The third-order valence-electron chi connectivity index (χ3n) is 4.68. The summed E-state index contributed by atoms with van der Waals surface area (Å²) in [4.78, 5) is 12.6. The number of rotatable bonds is 0. The Kier molecular flexibility index (Phi) is 2.09. The molecule has 1 atom stereocenters. The van der Waals surface area contributed by atoms with Crippen LogP contribution in [0.1, 0.15) is 22.3 Å². The van der Waals surface area contributed by atoms with Crippen LogP contribution < -0.4 is 11.1 Å². The van der Waals surface area contributed by atoms with Gasteiger partial charge in [-0.2, -0.15) is 0 Å². The van der Waals surface area contributed by atoms with Gasteiger partial charge in [0, 0.05) is 11.4 Å². The molecule has 4 rings (SSSR count). The van der Waals surface area contributed by atoms with Crippen molar-refractivity contribution in [3.8, 4) is 0 Å². The van der Waals surface area contributed by atoms with Crippen LogP contribution in [0.5, 0.6) is 0 Å². The van der Waals surface area contributed by atoms with Gasteiger partial charge in [-0.25, -0.2) is 0 Å². The predicted molar refractivity (Wildman–Crippen MR) is 79.7 cm³/mol. The van der Waals surface area contributed by atoms with Crippen molar-refractivity contribution >= 4 is 17.3 Å². The zero-order valence-corrected chi connectivity index (χ0v) is 11.4. The van der Waals surface area contributed by atoms with E-state index in [0.29, 0.717) is 0 Å². The van der Waals surface area contributed by atoms with E-state index in [1.165, 1.54) is 11.1 Å². The van der Waals surface area contributed by atoms with Crippen molar-refractivity contribution in [2.24, 2.45) is 0 Å². The Hall–Kier alpha value is -2.29. The van der Waals surface area contributed by atoms with Crippen molar-refractivity contribution in [3.63, 3.8) is 0 Å². The molecule has 3 nitrogen and oxygen atoms in total. The van der Waals surface area contributed by atoms with Crippen LogP contribution in [0.25, 0.3) is 0 Å². The lowest BCUT2D eigenvalue weighted by molar-refractivity contribution is -0.120. The summed E-state index contributed by atoms with van der Waals surface area (Å²) in [7, 11) is 0. The van der Waals surface area contributed by atoms with Gasteiger partial charge in [-0.05, 0) is 54.2 Å². The number of carbonyl (C=O) groups is 1. The Bertz CT molecular complexity index is 751. The maximum absolute atomic E-state index is 12.6. The van der Waals surface area contributed by atoms with E-state index < -0.39 is 5.41 Å². The molecule has 1 aliphatic carbocycles. The minimum Gasteiger partial charge on any atom is -0.399 e. The van der Waals surface area contributed by atoms with Gasteiger partial charge in [-0.15, -0.1) is 0 Å². The molecule has 1 amide bonds. The molecule has 3 heteroatoms. The second-order valence-corrected chi connectivity index (χ2v) is 5.92. The summed E-state index contributed by atoms with van der Waals surface area (Å²) in [5.41, 5.74) is 11.9. The monoisotopic (exact) mass is 264 g/mol. The van der Waals surface area contributed by atoms with E-state index >= 15 is 0 Å². The largest absolute Gasteiger partial charge is 0.399 e. The lowest BCUT2D eigenvalue weighted by Gasteiger charge is -2.20. The molecule has 0 fully saturated rings. The minimum atomic E-state index is -0.433. The van der Waals surface area contributed by atoms with Crippen LogP contribution in [0.3, 0.4) is 0 Å². The molecule has 3 N–H and O–H groups in total. The molecule has 2 aromatic rings. The average Bonchev–Trinajstić information content (AvgIpc) is 2.92. The van der Waals surface area contributed by atoms with Crippen molar-refractivity contribution in [1.29, 1.82) is 0 Å². The third kappa shape index (κ3) is 1.32. The molecule has 2 aromatic carbocycles. The number of nitrogens with one attached hydrogen (secondary N) is 1. The molecule has 1 unspecified atom stereocenters. The van der Waals surface area contributed by atoms with Gasteiger partial charge in [0.2, 0.25) is 5.91 Å². The summed E-state index contributed by atoms with van der Waals surface area (Å²) < 4.78 is 0. The number of benzene rings is 2. The molecular weight excluding hydrogens is 248 g/mol. The molecule has 0 aromatic heterocycles. The van der Waals surface area contributed by atoms with Crippen molar-refractivity contribution in [3.05, 3.63) is 58.7 Å². The fraction of sp³-hybridized carbons (Fsp3) is 0.235. The van der Waals surface area contributed by atoms with Gasteiger partial charge in [0.1, 0.15) is 0 Å². The van der Waals surface area contributed by atoms with Crippen LogP contribution >= 0.6 is 0 Å². The highest BCUT2D eigenvalue weighted by Gasteiger charge is 2.50. The normalized spacial score (nSPS) is 22.8. The van der Waals surface area contributed by atoms with Crippen LogP contribution in [0, 0.1) is 6.92 Å².